The molecule has 1 aromatic carbocycles. The summed E-state index contributed by atoms with van der Waals surface area (Å²) in [4.78, 5) is 38.8. The Bertz CT molecular complexity index is 689. The number of anilines is 1. The average molecular weight is 368 g/mol. The first-order chi connectivity index (χ1) is 12.3. The Kier molecular flexibility index (Phi) is 6.48. The molecule has 1 fully saturated rings. The molecule has 1 aliphatic rings. The van der Waals surface area contributed by atoms with Crippen molar-refractivity contribution in [3.8, 4) is 0 Å². The highest BCUT2D eigenvalue weighted by Crippen LogP contribution is 2.17. The van der Waals surface area contributed by atoms with Gasteiger partial charge in [-0.25, -0.2) is 13.6 Å². The SMILES string of the molecule is CN(C)C(=O)N1CCC(CNC(=O)C(=O)Nc2ccc(F)c(F)c2)CC1. The van der Waals surface area contributed by atoms with E-state index in [1.807, 2.05) is 0 Å². The monoisotopic (exact) mass is 368 g/mol. The van der Waals surface area contributed by atoms with Crippen LogP contribution in [0.5, 0.6) is 0 Å². The number of carbonyl (C=O) groups excluding carboxylic acids is 3. The van der Waals surface area contributed by atoms with E-state index in [4.69, 9.17) is 0 Å². The van der Waals surface area contributed by atoms with Gasteiger partial charge in [0, 0.05) is 45.5 Å². The van der Waals surface area contributed by atoms with Crippen molar-refractivity contribution in [1.29, 1.82) is 0 Å². The normalized spacial score (nSPS) is 14.7. The van der Waals surface area contributed by atoms with Gasteiger partial charge in [0.15, 0.2) is 11.6 Å². The second kappa shape index (κ2) is 8.59. The zero-order valence-electron chi connectivity index (χ0n) is 14.7. The number of nitrogens with one attached hydrogen (secondary N) is 2. The van der Waals surface area contributed by atoms with Crippen LogP contribution in [0.25, 0.3) is 0 Å². The number of rotatable bonds is 3. The molecule has 7 nitrogen and oxygen atoms in total. The Morgan fingerprint density at radius 2 is 1.77 bits per heavy atom. The lowest BCUT2D eigenvalue weighted by Crippen LogP contribution is -2.46. The third-order valence-electron chi connectivity index (χ3n) is 4.20. The number of amides is 4. The number of carbonyl (C=O) groups is 3. The molecular weight excluding hydrogens is 346 g/mol. The van der Waals surface area contributed by atoms with Gasteiger partial charge in [-0.05, 0) is 30.9 Å². The fourth-order valence-electron chi connectivity index (χ4n) is 2.69. The molecule has 0 saturated carbocycles. The summed E-state index contributed by atoms with van der Waals surface area (Å²) in [6, 6.07) is 2.79. The standard InChI is InChI=1S/C17H22F2N4O3/c1-22(2)17(26)23-7-5-11(6-8-23)10-20-15(24)16(25)21-12-3-4-13(18)14(19)9-12/h3-4,9,11H,5-8,10H2,1-2H3,(H,20,24)(H,21,25). The molecule has 26 heavy (non-hydrogen) atoms. The van der Waals surface area contributed by atoms with E-state index in [1.54, 1.807) is 19.0 Å². The van der Waals surface area contributed by atoms with Crippen LogP contribution in [0.4, 0.5) is 19.3 Å². The number of nitrogens with zero attached hydrogens (tertiary/aromatic N) is 2. The van der Waals surface area contributed by atoms with Crippen molar-refractivity contribution in [2.24, 2.45) is 5.92 Å². The van der Waals surface area contributed by atoms with Crippen LogP contribution in [0.1, 0.15) is 12.8 Å². The van der Waals surface area contributed by atoms with Crippen molar-refractivity contribution in [2.45, 2.75) is 12.8 Å². The maximum atomic E-state index is 13.1. The minimum atomic E-state index is -1.11. The van der Waals surface area contributed by atoms with E-state index in [2.05, 4.69) is 10.6 Å². The Labute approximate surface area is 150 Å². The summed E-state index contributed by atoms with van der Waals surface area (Å²) in [6.45, 7) is 1.51. The van der Waals surface area contributed by atoms with Crippen molar-refractivity contribution < 1.29 is 23.2 Å². The Morgan fingerprint density at radius 1 is 1.12 bits per heavy atom. The largest absolute Gasteiger partial charge is 0.348 e. The van der Waals surface area contributed by atoms with Gasteiger partial charge in [0.05, 0.1) is 0 Å². The molecule has 1 aliphatic heterocycles. The summed E-state index contributed by atoms with van der Waals surface area (Å²) in [5, 5.41) is 4.75. The van der Waals surface area contributed by atoms with Crippen LogP contribution in [0.3, 0.4) is 0 Å². The molecule has 0 aromatic heterocycles. The number of halogens is 2. The van der Waals surface area contributed by atoms with Crippen molar-refractivity contribution >= 4 is 23.5 Å². The molecular formula is C17H22F2N4O3. The molecule has 9 heteroatoms. The Balaban J connectivity index is 1.75. The summed E-state index contributed by atoms with van der Waals surface area (Å²) < 4.78 is 26.0. The van der Waals surface area contributed by atoms with Gasteiger partial charge in [-0.15, -0.1) is 0 Å². The average Bonchev–Trinajstić information content (AvgIpc) is 2.62. The number of hydrogen-bond acceptors (Lipinski definition) is 3. The number of benzene rings is 1. The van der Waals surface area contributed by atoms with E-state index in [0.29, 0.717) is 19.6 Å². The highest BCUT2D eigenvalue weighted by atomic mass is 19.2. The zero-order valence-corrected chi connectivity index (χ0v) is 14.7. The summed E-state index contributed by atoms with van der Waals surface area (Å²) in [5.41, 5.74) is -0.000411. The van der Waals surface area contributed by atoms with Crippen molar-refractivity contribution in [3.05, 3.63) is 29.8 Å². The molecule has 2 N–H and O–H groups in total. The topological polar surface area (TPSA) is 81.8 Å². The smallest absolute Gasteiger partial charge is 0.319 e. The van der Waals surface area contributed by atoms with Crippen LogP contribution in [-0.2, 0) is 9.59 Å². The first-order valence-corrected chi connectivity index (χ1v) is 8.28. The molecule has 142 valence electrons. The Morgan fingerprint density at radius 3 is 2.35 bits per heavy atom. The van der Waals surface area contributed by atoms with E-state index in [1.165, 1.54) is 11.0 Å². The van der Waals surface area contributed by atoms with Crippen LogP contribution >= 0.6 is 0 Å². The fraction of sp³-hybridized carbons (Fsp3) is 0.471. The highest BCUT2D eigenvalue weighted by Gasteiger charge is 2.24. The number of piperidine rings is 1. The zero-order chi connectivity index (χ0) is 19.3. The van der Waals surface area contributed by atoms with Crippen molar-refractivity contribution in [3.63, 3.8) is 0 Å². The first-order valence-electron chi connectivity index (χ1n) is 8.28. The van der Waals surface area contributed by atoms with Crippen molar-refractivity contribution in [2.75, 3.05) is 39.0 Å². The van der Waals surface area contributed by atoms with Gasteiger partial charge in [-0.1, -0.05) is 0 Å². The quantitative estimate of drug-likeness (QED) is 0.792. The third-order valence-corrected chi connectivity index (χ3v) is 4.20. The van der Waals surface area contributed by atoms with Gasteiger partial charge in [0.2, 0.25) is 0 Å². The molecule has 2 rings (SSSR count). The second-order valence-corrected chi connectivity index (χ2v) is 6.40. The highest BCUT2D eigenvalue weighted by molar-refractivity contribution is 6.39. The molecule has 0 atom stereocenters. The molecule has 4 amide bonds. The van der Waals surface area contributed by atoms with Crippen LogP contribution < -0.4 is 10.6 Å². The summed E-state index contributed by atoms with van der Waals surface area (Å²) in [5.74, 6) is -3.77. The van der Waals surface area contributed by atoms with Gasteiger partial charge in [-0.3, -0.25) is 9.59 Å². The predicted molar refractivity (Wildman–Crippen MR) is 91.4 cm³/mol. The Hall–Kier alpha value is -2.71. The molecule has 0 unspecified atom stereocenters. The van der Waals surface area contributed by atoms with Crippen LogP contribution in [0.15, 0.2) is 18.2 Å². The summed E-state index contributed by atoms with van der Waals surface area (Å²) >= 11 is 0. The number of urea groups is 1. The van der Waals surface area contributed by atoms with E-state index >= 15 is 0 Å². The van der Waals surface area contributed by atoms with E-state index < -0.39 is 23.4 Å². The fourth-order valence-corrected chi connectivity index (χ4v) is 2.69. The minimum absolute atomic E-state index is 0.000411. The maximum Gasteiger partial charge on any atom is 0.319 e. The summed E-state index contributed by atoms with van der Waals surface area (Å²) in [7, 11) is 3.39. The van der Waals surface area contributed by atoms with Gasteiger partial charge >= 0.3 is 17.8 Å². The lowest BCUT2D eigenvalue weighted by Gasteiger charge is -2.33. The number of hydrogen-bond donors (Lipinski definition) is 2. The van der Waals surface area contributed by atoms with E-state index in [9.17, 15) is 23.2 Å². The molecule has 1 aromatic rings. The van der Waals surface area contributed by atoms with Crippen LogP contribution in [0, 0.1) is 17.6 Å². The predicted octanol–water partition coefficient (Wildman–Crippen LogP) is 1.41. The van der Waals surface area contributed by atoms with Gasteiger partial charge in [-0.2, -0.15) is 0 Å². The minimum Gasteiger partial charge on any atom is -0.348 e. The molecule has 0 spiro atoms. The van der Waals surface area contributed by atoms with Crippen LogP contribution in [0.2, 0.25) is 0 Å². The lowest BCUT2D eigenvalue weighted by molar-refractivity contribution is -0.136. The van der Waals surface area contributed by atoms with Gasteiger partial charge in [0.1, 0.15) is 0 Å². The molecule has 1 heterocycles. The third kappa shape index (κ3) is 5.14. The first kappa shape index (κ1) is 19.6. The van der Waals surface area contributed by atoms with Gasteiger partial charge in [0.25, 0.3) is 0 Å². The van der Waals surface area contributed by atoms with Crippen molar-refractivity contribution in [1.82, 2.24) is 15.1 Å². The van der Waals surface area contributed by atoms with Gasteiger partial charge < -0.3 is 20.4 Å². The molecule has 0 bridgehead atoms. The molecule has 1 saturated heterocycles. The van der Waals surface area contributed by atoms with Crippen LogP contribution in [-0.4, -0.2) is 61.4 Å². The lowest BCUT2D eigenvalue weighted by atomic mass is 9.97. The summed E-state index contributed by atoms with van der Waals surface area (Å²) in [6.07, 6.45) is 1.45. The molecule has 0 radical (unpaired) electrons. The maximum absolute atomic E-state index is 13.1. The van der Waals surface area contributed by atoms with E-state index in [-0.39, 0.29) is 17.6 Å². The molecule has 0 aliphatic carbocycles. The number of likely N-dealkylation sites (tertiary alicyclic amines) is 1. The van der Waals surface area contributed by atoms with E-state index in [0.717, 1.165) is 25.0 Å². The second-order valence-electron chi connectivity index (χ2n) is 6.40.